The van der Waals surface area contributed by atoms with Crippen LogP contribution in [-0.2, 0) is 16.1 Å². The van der Waals surface area contributed by atoms with Gasteiger partial charge in [0, 0.05) is 22.2 Å². The molecule has 220 valence electrons. The van der Waals surface area contributed by atoms with Crippen LogP contribution >= 0.6 is 43.2 Å². The highest BCUT2D eigenvalue weighted by atomic mass is 79.9. The molecule has 13 heteroatoms. The van der Waals surface area contributed by atoms with Crippen molar-refractivity contribution in [1.82, 2.24) is 4.57 Å². The molecule has 0 amide bonds. The zero-order chi connectivity index (χ0) is 30.8. The number of nitro groups is 1. The third-order valence-electron chi connectivity index (χ3n) is 6.56. The normalized spacial score (nSPS) is 14.7. The molecular weight excluding hydrogens is 709 g/mol. The highest BCUT2D eigenvalue weighted by Crippen LogP contribution is 2.35. The van der Waals surface area contributed by atoms with Crippen LogP contribution in [0.5, 0.6) is 5.75 Å². The zero-order valence-corrected chi connectivity index (χ0v) is 26.7. The summed E-state index contributed by atoms with van der Waals surface area (Å²) in [5.74, 6) is -0.605. The number of ether oxygens (including phenoxy) is 2. The fourth-order valence-electron chi connectivity index (χ4n) is 4.60. The van der Waals surface area contributed by atoms with Crippen LogP contribution in [0, 0.1) is 15.9 Å². The van der Waals surface area contributed by atoms with Crippen molar-refractivity contribution >= 4 is 60.9 Å². The van der Waals surface area contributed by atoms with Gasteiger partial charge >= 0.3 is 5.97 Å². The van der Waals surface area contributed by atoms with E-state index in [0.717, 1.165) is 15.8 Å². The predicted molar refractivity (Wildman–Crippen MR) is 166 cm³/mol. The summed E-state index contributed by atoms with van der Waals surface area (Å²) >= 11 is 8.17. The van der Waals surface area contributed by atoms with Crippen LogP contribution < -0.4 is 19.6 Å². The molecule has 0 unspecified atom stereocenters. The Kier molecular flexibility index (Phi) is 9.04. The van der Waals surface area contributed by atoms with Gasteiger partial charge in [0.1, 0.15) is 18.2 Å². The summed E-state index contributed by atoms with van der Waals surface area (Å²) in [6.07, 6.45) is 1.68. The van der Waals surface area contributed by atoms with Crippen molar-refractivity contribution in [2.45, 2.75) is 26.5 Å². The molecule has 0 aliphatic carbocycles. The van der Waals surface area contributed by atoms with E-state index < -0.39 is 28.3 Å². The van der Waals surface area contributed by atoms with E-state index in [2.05, 4.69) is 36.9 Å². The molecule has 0 spiro atoms. The largest absolute Gasteiger partial charge is 0.487 e. The van der Waals surface area contributed by atoms with Crippen LogP contribution in [0.2, 0.25) is 0 Å². The molecule has 1 atom stereocenters. The van der Waals surface area contributed by atoms with Gasteiger partial charge in [-0.3, -0.25) is 19.5 Å². The molecule has 43 heavy (non-hydrogen) atoms. The third kappa shape index (κ3) is 6.38. The second kappa shape index (κ2) is 12.7. The number of rotatable bonds is 8. The van der Waals surface area contributed by atoms with Gasteiger partial charge in [-0.15, -0.1) is 0 Å². The van der Waals surface area contributed by atoms with Gasteiger partial charge in [-0.1, -0.05) is 39.4 Å². The van der Waals surface area contributed by atoms with Crippen molar-refractivity contribution in [2.75, 3.05) is 6.61 Å². The lowest BCUT2D eigenvalue weighted by molar-refractivity contribution is -0.384. The SMILES string of the molecule is CCOC(=O)C1=C(C)N=c2s/c(=C\c3cc(Br)cc(Br)c3OCc3ccc([N+](=O)[O-])cc3)c(=O)n2[C@H]1c1ccc(F)cc1. The Labute approximate surface area is 265 Å². The zero-order valence-electron chi connectivity index (χ0n) is 22.7. The van der Waals surface area contributed by atoms with Gasteiger partial charge in [0.2, 0.25) is 0 Å². The fraction of sp³-hybridized carbons (Fsp3) is 0.167. The summed E-state index contributed by atoms with van der Waals surface area (Å²) in [6.45, 7) is 3.62. The molecule has 0 fully saturated rings. The van der Waals surface area contributed by atoms with Crippen molar-refractivity contribution in [1.29, 1.82) is 0 Å². The van der Waals surface area contributed by atoms with E-state index in [0.29, 0.717) is 41.9 Å². The molecule has 1 aromatic heterocycles. The summed E-state index contributed by atoms with van der Waals surface area (Å²) in [5.41, 5.74) is 2.00. The predicted octanol–water partition coefficient (Wildman–Crippen LogP) is 5.95. The standard InChI is InChI=1S/C30H22Br2FN3O6S/c1-3-41-29(38)25-16(2)34-30-35(26(25)18-6-8-21(33)9-7-18)28(37)24(43-30)13-19-12-20(31)14-23(32)27(19)42-15-17-4-10-22(11-5-17)36(39)40/h4-14,26H,3,15H2,1-2H3/b24-13-/t26-/m0/s1. The Morgan fingerprint density at radius 2 is 1.86 bits per heavy atom. The molecule has 1 aliphatic rings. The minimum atomic E-state index is -0.870. The number of halogens is 3. The van der Waals surface area contributed by atoms with Gasteiger partial charge in [0.15, 0.2) is 4.80 Å². The first-order valence-electron chi connectivity index (χ1n) is 12.9. The molecular formula is C30H22Br2FN3O6S. The van der Waals surface area contributed by atoms with Gasteiger partial charge in [-0.2, -0.15) is 0 Å². The number of carbonyl (C=O) groups is 1. The van der Waals surface area contributed by atoms with E-state index in [1.807, 2.05) is 0 Å². The molecule has 0 saturated carbocycles. The lowest BCUT2D eigenvalue weighted by Gasteiger charge is -2.24. The molecule has 1 aliphatic heterocycles. The third-order valence-corrected chi connectivity index (χ3v) is 8.59. The fourth-order valence-corrected chi connectivity index (χ4v) is 7.01. The molecule has 0 radical (unpaired) electrons. The smallest absolute Gasteiger partial charge is 0.338 e. The number of benzene rings is 3. The number of hydrogen-bond donors (Lipinski definition) is 0. The second-order valence-electron chi connectivity index (χ2n) is 9.37. The number of nitrogens with zero attached hydrogens (tertiary/aromatic N) is 3. The van der Waals surface area contributed by atoms with E-state index in [1.54, 1.807) is 44.2 Å². The Bertz CT molecular complexity index is 1950. The number of non-ortho nitro benzene ring substituents is 1. The minimum Gasteiger partial charge on any atom is -0.487 e. The Morgan fingerprint density at radius 3 is 2.51 bits per heavy atom. The van der Waals surface area contributed by atoms with Gasteiger partial charge in [0.25, 0.3) is 11.2 Å². The molecule has 9 nitrogen and oxygen atoms in total. The van der Waals surface area contributed by atoms with E-state index in [4.69, 9.17) is 9.47 Å². The number of carbonyl (C=O) groups excluding carboxylic acids is 1. The van der Waals surface area contributed by atoms with Crippen LogP contribution in [0.3, 0.4) is 0 Å². The van der Waals surface area contributed by atoms with Crippen molar-refractivity contribution in [3.63, 3.8) is 0 Å². The van der Waals surface area contributed by atoms with Gasteiger partial charge in [0.05, 0.1) is 37.8 Å². The summed E-state index contributed by atoms with van der Waals surface area (Å²) in [5, 5.41) is 11.0. The maximum Gasteiger partial charge on any atom is 0.338 e. The Hall–Kier alpha value is -3.94. The average Bonchev–Trinajstić information content (AvgIpc) is 3.26. The molecule has 3 aromatic carbocycles. The summed E-state index contributed by atoms with van der Waals surface area (Å²) in [6, 6.07) is 14.4. The lowest BCUT2D eigenvalue weighted by atomic mass is 9.96. The number of allylic oxidation sites excluding steroid dienone is 1. The number of hydrogen-bond acceptors (Lipinski definition) is 8. The van der Waals surface area contributed by atoms with Crippen LogP contribution in [0.15, 0.2) is 90.7 Å². The number of nitro benzene ring substituents is 1. The number of esters is 1. The quantitative estimate of drug-likeness (QED) is 0.126. The summed E-state index contributed by atoms with van der Waals surface area (Å²) in [7, 11) is 0. The average molecular weight is 731 g/mol. The van der Waals surface area contributed by atoms with E-state index >= 15 is 0 Å². The first-order valence-corrected chi connectivity index (χ1v) is 15.3. The van der Waals surface area contributed by atoms with E-state index in [1.165, 1.54) is 41.0 Å². The maximum atomic E-state index is 14.0. The van der Waals surface area contributed by atoms with Crippen LogP contribution in [0.1, 0.15) is 36.6 Å². The van der Waals surface area contributed by atoms with Gasteiger partial charge < -0.3 is 9.47 Å². The minimum absolute atomic E-state index is 0.0232. The van der Waals surface area contributed by atoms with Crippen LogP contribution in [0.25, 0.3) is 6.08 Å². The van der Waals surface area contributed by atoms with E-state index in [9.17, 15) is 24.1 Å². The van der Waals surface area contributed by atoms with Crippen molar-refractivity contribution in [3.05, 3.63) is 133 Å². The first kappa shape index (κ1) is 30.5. The molecule has 2 heterocycles. The molecule has 0 N–H and O–H groups in total. The van der Waals surface area contributed by atoms with E-state index in [-0.39, 0.29) is 24.5 Å². The number of aromatic nitrogens is 1. The molecule has 5 rings (SSSR count). The van der Waals surface area contributed by atoms with Crippen molar-refractivity contribution in [3.8, 4) is 5.75 Å². The second-order valence-corrected chi connectivity index (χ2v) is 12.2. The van der Waals surface area contributed by atoms with Crippen molar-refractivity contribution < 1.29 is 23.6 Å². The molecule has 0 saturated heterocycles. The highest BCUT2D eigenvalue weighted by molar-refractivity contribution is 9.11. The Balaban J connectivity index is 1.60. The van der Waals surface area contributed by atoms with Crippen LogP contribution in [0.4, 0.5) is 10.1 Å². The first-order chi connectivity index (χ1) is 20.6. The summed E-state index contributed by atoms with van der Waals surface area (Å²) < 4.78 is 28.3. The van der Waals surface area contributed by atoms with Crippen LogP contribution in [-0.4, -0.2) is 22.1 Å². The number of thiazole rings is 1. The molecule has 0 bridgehead atoms. The topological polar surface area (TPSA) is 113 Å². The van der Waals surface area contributed by atoms with Crippen molar-refractivity contribution in [2.24, 2.45) is 4.99 Å². The number of fused-ring (bicyclic) bond motifs is 1. The van der Waals surface area contributed by atoms with Gasteiger partial charge in [-0.25, -0.2) is 14.2 Å². The lowest BCUT2D eigenvalue weighted by Crippen LogP contribution is -2.39. The molecule has 4 aromatic rings. The Morgan fingerprint density at radius 1 is 1.16 bits per heavy atom. The monoisotopic (exact) mass is 729 g/mol. The summed E-state index contributed by atoms with van der Waals surface area (Å²) in [4.78, 5) is 42.5. The highest BCUT2D eigenvalue weighted by Gasteiger charge is 2.33. The van der Waals surface area contributed by atoms with Gasteiger partial charge in [-0.05, 0) is 83.4 Å². The maximum absolute atomic E-state index is 14.0.